The monoisotopic (exact) mass is 312 g/mol. The van der Waals surface area contributed by atoms with Gasteiger partial charge in [-0.25, -0.2) is 12.7 Å². The molecule has 0 spiro atoms. The van der Waals surface area contributed by atoms with Crippen molar-refractivity contribution in [3.63, 3.8) is 0 Å². The minimum atomic E-state index is -3.20. The van der Waals surface area contributed by atoms with Gasteiger partial charge in [0, 0.05) is 30.7 Å². The molecule has 1 saturated heterocycles. The van der Waals surface area contributed by atoms with Crippen LogP contribution in [0, 0.1) is 0 Å². The summed E-state index contributed by atoms with van der Waals surface area (Å²) in [7, 11) is -3.20. The Morgan fingerprint density at radius 3 is 2.86 bits per heavy atom. The van der Waals surface area contributed by atoms with Crippen LogP contribution in [0.3, 0.4) is 0 Å². The van der Waals surface area contributed by atoms with E-state index in [-0.39, 0.29) is 11.9 Å². The summed E-state index contributed by atoms with van der Waals surface area (Å²) in [6, 6.07) is 1.64. The van der Waals surface area contributed by atoms with E-state index in [0.29, 0.717) is 24.7 Å². The zero-order valence-electron chi connectivity index (χ0n) is 12.0. The number of hydrogen-bond donors (Lipinski definition) is 2. The van der Waals surface area contributed by atoms with Crippen LogP contribution < -0.4 is 5.32 Å². The van der Waals surface area contributed by atoms with Gasteiger partial charge < -0.3 is 5.32 Å². The summed E-state index contributed by atoms with van der Waals surface area (Å²) in [6.45, 7) is 0.865. The van der Waals surface area contributed by atoms with Gasteiger partial charge in [-0.05, 0) is 31.7 Å². The average molecular weight is 312 g/mol. The van der Waals surface area contributed by atoms with E-state index in [9.17, 15) is 13.2 Å². The highest BCUT2D eigenvalue weighted by Crippen LogP contribution is 2.38. The zero-order valence-corrected chi connectivity index (χ0v) is 12.8. The summed E-state index contributed by atoms with van der Waals surface area (Å²) in [5, 5.41) is 9.83. The first-order valence-corrected chi connectivity index (χ1v) is 9.09. The zero-order chi connectivity index (χ0) is 15.0. The van der Waals surface area contributed by atoms with Gasteiger partial charge in [0.15, 0.2) is 0 Å². The first-order valence-electron chi connectivity index (χ1n) is 7.25. The molecule has 0 radical (unpaired) electrons. The van der Waals surface area contributed by atoms with Crippen molar-refractivity contribution >= 4 is 15.9 Å². The van der Waals surface area contributed by atoms with Crippen molar-refractivity contribution < 1.29 is 13.2 Å². The Kier molecular flexibility index (Phi) is 3.75. The van der Waals surface area contributed by atoms with E-state index >= 15 is 0 Å². The van der Waals surface area contributed by atoms with Crippen molar-refractivity contribution in [2.45, 2.75) is 37.6 Å². The maximum Gasteiger partial charge on any atom is 0.272 e. The number of nitrogens with one attached hydrogen (secondary N) is 2. The van der Waals surface area contributed by atoms with Gasteiger partial charge in [-0.3, -0.25) is 9.89 Å². The van der Waals surface area contributed by atoms with Crippen molar-refractivity contribution in [3.8, 4) is 0 Å². The standard InChI is InChI=1S/C13H20N4O3S/c1-21(19,20)17-6-2-3-10(8-17)14-13(18)12-7-11(15-16-12)9-4-5-9/h7,9-10H,2-6,8H2,1H3,(H,14,18)(H,15,16). The molecule has 1 aliphatic carbocycles. The molecule has 1 saturated carbocycles. The van der Waals surface area contributed by atoms with Crippen LogP contribution in [0.5, 0.6) is 0 Å². The fourth-order valence-corrected chi connectivity index (χ4v) is 3.59. The Morgan fingerprint density at radius 1 is 1.43 bits per heavy atom. The summed E-state index contributed by atoms with van der Waals surface area (Å²) in [5.41, 5.74) is 1.40. The SMILES string of the molecule is CS(=O)(=O)N1CCCC(NC(=O)c2cc(C3CC3)[nH]n2)C1. The van der Waals surface area contributed by atoms with Crippen LogP contribution in [0.2, 0.25) is 0 Å². The number of carbonyl (C=O) groups excluding carboxylic acids is 1. The summed E-state index contributed by atoms with van der Waals surface area (Å²) in [6.07, 6.45) is 5.04. The lowest BCUT2D eigenvalue weighted by Gasteiger charge is -2.31. The normalized spacial score (nSPS) is 24.0. The van der Waals surface area contributed by atoms with Crippen molar-refractivity contribution in [3.05, 3.63) is 17.5 Å². The molecule has 7 nitrogen and oxygen atoms in total. The average Bonchev–Trinajstić information content (AvgIpc) is 3.15. The number of amides is 1. The fraction of sp³-hybridized carbons (Fsp3) is 0.692. The Bertz CT molecular complexity index is 636. The number of piperidine rings is 1. The number of rotatable bonds is 4. The molecule has 0 bridgehead atoms. The van der Waals surface area contributed by atoms with Gasteiger partial charge in [0.2, 0.25) is 10.0 Å². The maximum absolute atomic E-state index is 12.2. The maximum atomic E-state index is 12.2. The molecule has 1 unspecified atom stereocenters. The van der Waals surface area contributed by atoms with Gasteiger partial charge in [-0.1, -0.05) is 0 Å². The third-order valence-corrected chi connectivity index (χ3v) is 5.31. The van der Waals surface area contributed by atoms with Crippen LogP contribution in [-0.2, 0) is 10.0 Å². The second-order valence-corrected chi connectivity index (χ2v) is 7.90. The highest BCUT2D eigenvalue weighted by molar-refractivity contribution is 7.88. The lowest BCUT2D eigenvalue weighted by Crippen LogP contribution is -2.49. The topological polar surface area (TPSA) is 95.2 Å². The van der Waals surface area contributed by atoms with E-state index in [4.69, 9.17) is 0 Å². The lowest BCUT2D eigenvalue weighted by molar-refractivity contribution is 0.0916. The molecule has 8 heteroatoms. The quantitative estimate of drug-likeness (QED) is 0.843. The number of aromatic nitrogens is 2. The molecule has 1 amide bonds. The van der Waals surface area contributed by atoms with Crippen molar-refractivity contribution in [1.29, 1.82) is 0 Å². The van der Waals surface area contributed by atoms with Crippen molar-refractivity contribution in [2.75, 3.05) is 19.3 Å². The van der Waals surface area contributed by atoms with Crippen LogP contribution in [0.25, 0.3) is 0 Å². The largest absolute Gasteiger partial charge is 0.347 e. The number of nitrogens with zero attached hydrogens (tertiary/aromatic N) is 2. The van der Waals surface area contributed by atoms with Gasteiger partial charge in [0.1, 0.15) is 5.69 Å². The molecular formula is C13H20N4O3S. The fourth-order valence-electron chi connectivity index (χ4n) is 2.68. The Morgan fingerprint density at radius 2 is 2.19 bits per heavy atom. The van der Waals surface area contributed by atoms with Crippen LogP contribution >= 0.6 is 0 Å². The first-order chi connectivity index (χ1) is 9.93. The molecule has 0 aromatic carbocycles. The smallest absolute Gasteiger partial charge is 0.272 e. The van der Waals surface area contributed by atoms with Crippen molar-refractivity contribution in [2.24, 2.45) is 0 Å². The van der Waals surface area contributed by atoms with E-state index in [2.05, 4.69) is 15.5 Å². The predicted molar refractivity (Wildman–Crippen MR) is 77.5 cm³/mol. The van der Waals surface area contributed by atoms with Crippen LogP contribution in [0.4, 0.5) is 0 Å². The van der Waals surface area contributed by atoms with Crippen LogP contribution in [-0.4, -0.2) is 54.2 Å². The summed E-state index contributed by atoms with van der Waals surface area (Å²) in [4.78, 5) is 12.2. The molecule has 2 heterocycles. The second kappa shape index (κ2) is 5.42. The number of aromatic amines is 1. The van der Waals surface area contributed by atoms with Crippen molar-refractivity contribution in [1.82, 2.24) is 19.8 Å². The molecule has 1 atom stereocenters. The van der Waals surface area contributed by atoms with Gasteiger partial charge >= 0.3 is 0 Å². The van der Waals surface area contributed by atoms with Crippen LogP contribution in [0.15, 0.2) is 6.07 Å². The van der Waals surface area contributed by atoms with E-state index in [1.807, 2.05) is 0 Å². The molecular weight excluding hydrogens is 292 g/mol. The number of H-pyrrole nitrogens is 1. The number of sulfonamides is 1. The van der Waals surface area contributed by atoms with Crippen LogP contribution in [0.1, 0.15) is 47.8 Å². The molecule has 116 valence electrons. The predicted octanol–water partition coefficient (Wildman–Crippen LogP) is 0.441. The molecule has 3 rings (SSSR count). The van der Waals surface area contributed by atoms with E-state index in [0.717, 1.165) is 31.4 Å². The molecule has 21 heavy (non-hydrogen) atoms. The van der Waals surface area contributed by atoms with Gasteiger partial charge in [-0.2, -0.15) is 5.10 Å². The molecule has 2 aliphatic rings. The lowest BCUT2D eigenvalue weighted by atomic mass is 10.1. The Hall–Kier alpha value is -1.41. The third kappa shape index (κ3) is 3.44. The molecule has 1 aliphatic heterocycles. The van der Waals surface area contributed by atoms with Gasteiger partial charge in [0.25, 0.3) is 5.91 Å². The first kappa shape index (κ1) is 14.5. The molecule has 2 fully saturated rings. The number of carbonyl (C=O) groups is 1. The van der Waals surface area contributed by atoms with Gasteiger partial charge in [0.05, 0.1) is 6.26 Å². The number of hydrogen-bond acceptors (Lipinski definition) is 4. The highest BCUT2D eigenvalue weighted by atomic mass is 32.2. The van der Waals surface area contributed by atoms with E-state index in [1.54, 1.807) is 6.07 Å². The highest BCUT2D eigenvalue weighted by Gasteiger charge is 2.29. The minimum absolute atomic E-state index is 0.151. The third-order valence-electron chi connectivity index (χ3n) is 4.04. The summed E-state index contributed by atoms with van der Waals surface area (Å²) in [5.74, 6) is 0.285. The molecule has 1 aromatic rings. The second-order valence-electron chi connectivity index (χ2n) is 5.92. The van der Waals surface area contributed by atoms with E-state index in [1.165, 1.54) is 10.6 Å². The minimum Gasteiger partial charge on any atom is -0.347 e. The summed E-state index contributed by atoms with van der Waals surface area (Å²) < 4.78 is 24.6. The van der Waals surface area contributed by atoms with E-state index < -0.39 is 10.0 Å². The molecule has 2 N–H and O–H groups in total. The Labute approximate surface area is 124 Å². The summed E-state index contributed by atoms with van der Waals surface area (Å²) >= 11 is 0. The van der Waals surface area contributed by atoms with Gasteiger partial charge in [-0.15, -0.1) is 0 Å². The molecule has 1 aromatic heterocycles. The Balaban J connectivity index is 1.61.